The van der Waals surface area contributed by atoms with E-state index in [0.717, 1.165) is 21.9 Å². The van der Waals surface area contributed by atoms with Crippen molar-refractivity contribution in [3.8, 4) is 11.3 Å². The van der Waals surface area contributed by atoms with Gasteiger partial charge in [-0.05, 0) is 22.4 Å². The number of aromatic nitrogens is 2. The van der Waals surface area contributed by atoms with Crippen LogP contribution in [0, 0.1) is 0 Å². The third-order valence-electron chi connectivity index (χ3n) is 5.21. The molecule has 1 unspecified atom stereocenters. The molecule has 0 aliphatic carbocycles. The van der Waals surface area contributed by atoms with Gasteiger partial charge in [0.2, 0.25) is 0 Å². The Morgan fingerprint density at radius 2 is 1.80 bits per heavy atom. The molecule has 5 aromatic rings. The third kappa shape index (κ3) is 3.23. The van der Waals surface area contributed by atoms with Crippen LogP contribution in [0.5, 0.6) is 0 Å². The van der Waals surface area contributed by atoms with Crippen molar-refractivity contribution in [3.63, 3.8) is 0 Å². The molecule has 3 N–H and O–H groups in total. The lowest BCUT2D eigenvalue weighted by molar-refractivity contribution is 0.0946. The van der Waals surface area contributed by atoms with Gasteiger partial charge in [0, 0.05) is 24.3 Å². The normalized spacial score (nSPS) is 12.3. The average Bonchev–Trinajstić information content (AvgIpc) is 3.39. The van der Waals surface area contributed by atoms with Crippen molar-refractivity contribution >= 4 is 22.5 Å². The van der Waals surface area contributed by atoms with Crippen LogP contribution in [0.15, 0.2) is 89.7 Å². The molecule has 2 aromatic heterocycles. The van der Waals surface area contributed by atoms with Crippen molar-refractivity contribution in [2.45, 2.75) is 6.04 Å². The summed E-state index contributed by atoms with van der Waals surface area (Å²) in [5, 5.41) is 5.16. The molecule has 1 atom stereocenters. The highest BCUT2D eigenvalue weighted by molar-refractivity contribution is 6.00. The maximum Gasteiger partial charge on any atom is 0.306 e. The fourth-order valence-corrected chi connectivity index (χ4v) is 3.65. The minimum absolute atomic E-state index is 0.251. The van der Waals surface area contributed by atoms with E-state index in [-0.39, 0.29) is 11.9 Å². The maximum atomic E-state index is 13.1. The van der Waals surface area contributed by atoms with E-state index in [2.05, 4.69) is 16.4 Å². The Balaban J connectivity index is 1.48. The summed E-state index contributed by atoms with van der Waals surface area (Å²) in [6.07, 6.45) is 3.21. The highest BCUT2D eigenvalue weighted by Gasteiger charge is 2.23. The molecule has 5 rings (SSSR count). The number of carbonyl (C=O) groups excluding carboxylic acids is 1. The van der Waals surface area contributed by atoms with Gasteiger partial charge in [0.15, 0.2) is 0 Å². The van der Waals surface area contributed by atoms with E-state index in [9.17, 15) is 4.79 Å². The summed E-state index contributed by atoms with van der Waals surface area (Å²) < 4.78 is 7.10. The number of amides is 1. The number of hydrogen-bond acceptors (Lipinski definition) is 4. The van der Waals surface area contributed by atoms with Crippen LogP contribution in [-0.4, -0.2) is 21.8 Å². The smallest absolute Gasteiger partial charge is 0.306 e. The monoisotopic (exact) mass is 396 g/mol. The van der Waals surface area contributed by atoms with Crippen molar-refractivity contribution in [2.75, 3.05) is 6.54 Å². The predicted octanol–water partition coefficient (Wildman–Crippen LogP) is 4.18. The maximum absolute atomic E-state index is 13.1. The summed E-state index contributed by atoms with van der Waals surface area (Å²) in [4.78, 5) is 17.7. The highest BCUT2D eigenvalue weighted by Crippen LogP contribution is 2.28. The molecule has 0 saturated carbocycles. The van der Waals surface area contributed by atoms with Gasteiger partial charge in [0.05, 0.1) is 0 Å². The predicted molar refractivity (Wildman–Crippen MR) is 116 cm³/mol. The lowest BCUT2D eigenvalue weighted by atomic mass is 10.0. The van der Waals surface area contributed by atoms with Crippen LogP contribution in [-0.2, 0) is 0 Å². The molecule has 0 saturated heterocycles. The molecule has 0 spiro atoms. The SMILES string of the molecule is NC(CNC(=O)c1c(-c2ccc3ccccc3c2)nc2occn12)c1ccccc1. The molecule has 0 aliphatic heterocycles. The lowest BCUT2D eigenvalue weighted by Crippen LogP contribution is -2.32. The highest BCUT2D eigenvalue weighted by atomic mass is 16.3. The molecule has 30 heavy (non-hydrogen) atoms. The first kappa shape index (κ1) is 18.1. The molecule has 3 aromatic carbocycles. The van der Waals surface area contributed by atoms with Crippen LogP contribution >= 0.6 is 0 Å². The van der Waals surface area contributed by atoms with Crippen molar-refractivity contribution in [1.29, 1.82) is 0 Å². The van der Waals surface area contributed by atoms with Crippen LogP contribution in [0.1, 0.15) is 22.1 Å². The minimum Gasteiger partial charge on any atom is -0.432 e. The van der Waals surface area contributed by atoms with E-state index in [1.165, 1.54) is 6.26 Å². The number of oxazole rings is 1. The zero-order chi connectivity index (χ0) is 20.5. The Morgan fingerprint density at radius 1 is 1.03 bits per heavy atom. The summed E-state index contributed by atoms with van der Waals surface area (Å²) in [6.45, 7) is 0.311. The number of nitrogens with two attached hydrogens (primary N) is 1. The standard InChI is InChI=1S/C24H20N4O2/c25-20(17-7-2-1-3-8-17)15-26-23(29)22-21(27-24-28(22)12-13-30-24)19-11-10-16-6-4-5-9-18(16)14-19/h1-14,20H,15,25H2,(H,26,29). The molecule has 0 radical (unpaired) electrons. The molecule has 1 amide bonds. The van der Waals surface area contributed by atoms with E-state index >= 15 is 0 Å². The van der Waals surface area contributed by atoms with Gasteiger partial charge in [-0.1, -0.05) is 66.7 Å². The minimum atomic E-state index is -0.299. The second-order valence-corrected chi connectivity index (χ2v) is 7.15. The molecule has 0 fully saturated rings. The molecule has 0 bridgehead atoms. The summed E-state index contributed by atoms with van der Waals surface area (Å²) in [5.41, 5.74) is 9.06. The topological polar surface area (TPSA) is 85.6 Å². The van der Waals surface area contributed by atoms with Gasteiger partial charge in [0.25, 0.3) is 5.91 Å². The first-order valence-corrected chi connectivity index (χ1v) is 9.74. The number of rotatable bonds is 5. The molecular formula is C24H20N4O2. The first-order valence-electron chi connectivity index (χ1n) is 9.74. The quantitative estimate of drug-likeness (QED) is 0.467. The number of hydrogen-bond donors (Lipinski definition) is 2. The summed E-state index contributed by atoms with van der Waals surface area (Å²) >= 11 is 0. The van der Waals surface area contributed by atoms with E-state index in [0.29, 0.717) is 23.8 Å². The molecule has 0 aliphatic rings. The Morgan fingerprint density at radius 3 is 2.63 bits per heavy atom. The van der Waals surface area contributed by atoms with E-state index < -0.39 is 0 Å². The van der Waals surface area contributed by atoms with Gasteiger partial charge in [-0.2, -0.15) is 4.98 Å². The third-order valence-corrected chi connectivity index (χ3v) is 5.21. The van der Waals surface area contributed by atoms with Gasteiger partial charge < -0.3 is 15.5 Å². The van der Waals surface area contributed by atoms with Crippen LogP contribution in [0.4, 0.5) is 0 Å². The number of nitrogens with one attached hydrogen (secondary N) is 1. The van der Waals surface area contributed by atoms with E-state index in [1.54, 1.807) is 10.6 Å². The summed E-state index contributed by atoms with van der Waals surface area (Å²) in [7, 11) is 0. The van der Waals surface area contributed by atoms with Crippen molar-refractivity contribution < 1.29 is 9.21 Å². The zero-order valence-corrected chi connectivity index (χ0v) is 16.2. The zero-order valence-electron chi connectivity index (χ0n) is 16.2. The number of imidazole rings is 1. The number of fused-ring (bicyclic) bond motifs is 2. The summed E-state index contributed by atoms with van der Waals surface area (Å²) in [5.74, 6) is 0.120. The van der Waals surface area contributed by atoms with Crippen molar-refractivity contribution in [1.82, 2.24) is 14.7 Å². The van der Waals surface area contributed by atoms with Crippen LogP contribution in [0.25, 0.3) is 27.9 Å². The Hall–Kier alpha value is -3.90. The second kappa shape index (κ2) is 7.50. The Kier molecular flexibility index (Phi) is 4.53. The number of benzene rings is 3. The lowest BCUT2D eigenvalue weighted by Gasteiger charge is -2.13. The van der Waals surface area contributed by atoms with Crippen molar-refractivity contribution in [3.05, 3.63) is 96.5 Å². The Bertz CT molecular complexity index is 1340. The number of nitrogens with zero attached hydrogens (tertiary/aromatic N) is 2. The molecule has 148 valence electrons. The largest absolute Gasteiger partial charge is 0.432 e. The van der Waals surface area contributed by atoms with Crippen LogP contribution in [0.3, 0.4) is 0 Å². The van der Waals surface area contributed by atoms with E-state index in [1.807, 2.05) is 66.7 Å². The van der Waals surface area contributed by atoms with Gasteiger partial charge in [-0.3, -0.25) is 9.20 Å². The average molecular weight is 396 g/mol. The van der Waals surface area contributed by atoms with Gasteiger partial charge >= 0.3 is 5.84 Å². The fraction of sp³-hybridized carbons (Fsp3) is 0.0833. The first-order chi connectivity index (χ1) is 14.7. The fourth-order valence-electron chi connectivity index (χ4n) is 3.65. The van der Waals surface area contributed by atoms with Gasteiger partial charge in [-0.25, -0.2) is 0 Å². The summed E-state index contributed by atoms with van der Waals surface area (Å²) in [6, 6.07) is 23.5. The molecule has 2 heterocycles. The van der Waals surface area contributed by atoms with E-state index in [4.69, 9.17) is 10.2 Å². The van der Waals surface area contributed by atoms with Crippen LogP contribution in [0.2, 0.25) is 0 Å². The van der Waals surface area contributed by atoms with Crippen LogP contribution < -0.4 is 11.1 Å². The molecule has 6 heteroatoms. The number of carbonyl (C=O) groups is 1. The molecular weight excluding hydrogens is 376 g/mol. The van der Waals surface area contributed by atoms with Gasteiger partial charge in [-0.15, -0.1) is 0 Å². The molecule has 6 nitrogen and oxygen atoms in total. The van der Waals surface area contributed by atoms with Crippen molar-refractivity contribution in [2.24, 2.45) is 5.73 Å². The van der Waals surface area contributed by atoms with Gasteiger partial charge in [0.1, 0.15) is 17.7 Å². The second-order valence-electron chi connectivity index (χ2n) is 7.15. The Labute approximate surface area is 173 Å².